The smallest absolute Gasteiger partial charge is 0.0372 e. The lowest BCUT2D eigenvalue weighted by Crippen LogP contribution is -2.18. The number of anilines is 1. The van der Waals surface area contributed by atoms with Gasteiger partial charge in [-0.05, 0) is 38.3 Å². The molecule has 15 heavy (non-hydrogen) atoms. The minimum absolute atomic E-state index is 0.622. The number of nitrogens with one attached hydrogen (secondary N) is 1. The third kappa shape index (κ3) is 3.58. The van der Waals surface area contributed by atoms with Crippen LogP contribution < -0.4 is 5.32 Å². The Balaban J connectivity index is 2.70. The van der Waals surface area contributed by atoms with Gasteiger partial charge in [0.05, 0.1) is 0 Å². The van der Waals surface area contributed by atoms with Crippen LogP contribution in [0, 0.1) is 13.8 Å². The number of benzene rings is 1. The van der Waals surface area contributed by atoms with Crippen LogP contribution >= 0.6 is 0 Å². The fraction of sp³-hybridized carbons (Fsp3) is 0.571. The van der Waals surface area contributed by atoms with Gasteiger partial charge in [0.15, 0.2) is 0 Å². The van der Waals surface area contributed by atoms with Gasteiger partial charge in [-0.3, -0.25) is 0 Å². The zero-order valence-electron chi connectivity index (χ0n) is 10.4. The minimum Gasteiger partial charge on any atom is -0.382 e. The first-order valence-electron chi connectivity index (χ1n) is 6.01. The average molecular weight is 205 g/mol. The van der Waals surface area contributed by atoms with Crippen LogP contribution in [0.15, 0.2) is 18.2 Å². The van der Waals surface area contributed by atoms with E-state index in [1.54, 1.807) is 0 Å². The van der Waals surface area contributed by atoms with E-state index < -0.39 is 0 Å². The summed E-state index contributed by atoms with van der Waals surface area (Å²) in [5.74, 6) is 0. The van der Waals surface area contributed by atoms with Crippen LogP contribution in [0.3, 0.4) is 0 Å². The largest absolute Gasteiger partial charge is 0.382 e. The van der Waals surface area contributed by atoms with Gasteiger partial charge in [0.2, 0.25) is 0 Å². The summed E-state index contributed by atoms with van der Waals surface area (Å²) >= 11 is 0. The molecule has 0 aromatic heterocycles. The van der Waals surface area contributed by atoms with Crippen LogP contribution in [0.5, 0.6) is 0 Å². The van der Waals surface area contributed by atoms with Crippen molar-refractivity contribution in [1.82, 2.24) is 0 Å². The van der Waals surface area contributed by atoms with E-state index >= 15 is 0 Å². The van der Waals surface area contributed by atoms with Crippen LogP contribution in [-0.4, -0.2) is 6.04 Å². The van der Waals surface area contributed by atoms with Gasteiger partial charge in [-0.25, -0.2) is 0 Å². The van der Waals surface area contributed by atoms with Crippen molar-refractivity contribution in [3.63, 3.8) is 0 Å². The Morgan fingerprint density at radius 1 is 1.20 bits per heavy atom. The lowest BCUT2D eigenvalue weighted by atomic mass is 10.1. The van der Waals surface area contributed by atoms with Crippen molar-refractivity contribution in [2.24, 2.45) is 0 Å². The second-order valence-corrected chi connectivity index (χ2v) is 4.36. The van der Waals surface area contributed by atoms with Gasteiger partial charge < -0.3 is 5.32 Å². The molecule has 0 aliphatic carbocycles. The van der Waals surface area contributed by atoms with Crippen molar-refractivity contribution < 1.29 is 0 Å². The maximum atomic E-state index is 3.63. The Hall–Kier alpha value is -0.980. The maximum absolute atomic E-state index is 3.63. The SMILES string of the molecule is CCCC(CC)Nc1ccc(C)cc1C. The molecule has 0 fully saturated rings. The van der Waals surface area contributed by atoms with Crippen LogP contribution in [0.4, 0.5) is 5.69 Å². The molecule has 1 atom stereocenters. The molecule has 1 nitrogen and oxygen atoms in total. The summed E-state index contributed by atoms with van der Waals surface area (Å²) in [4.78, 5) is 0. The molecule has 0 heterocycles. The standard InChI is InChI=1S/C14H23N/c1-5-7-13(6-2)15-14-9-8-11(3)10-12(14)4/h8-10,13,15H,5-7H2,1-4H3. The average Bonchev–Trinajstić information content (AvgIpc) is 2.21. The first-order chi connectivity index (χ1) is 7.17. The summed E-state index contributed by atoms with van der Waals surface area (Å²) in [5, 5.41) is 3.63. The number of hydrogen-bond donors (Lipinski definition) is 1. The molecule has 0 saturated carbocycles. The molecule has 0 aliphatic heterocycles. The molecule has 0 saturated heterocycles. The molecule has 0 radical (unpaired) electrons. The Kier molecular flexibility index (Phi) is 4.67. The van der Waals surface area contributed by atoms with Gasteiger partial charge >= 0.3 is 0 Å². The summed E-state index contributed by atoms with van der Waals surface area (Å²) in [6.45, 7) is 8.80. The highest BCUT2D eigenvalue weighted by Crippen LogP contribution is 2.19. The first kappa shape index (κ1) is 12.1. The molecule has 0 bridgehead atoms. The molecule has 1 rings (SSSR count). The molecule has 1 heteroatoms. The van der Waals surface area contributed by atoms with Crippen molar-refractivity contribution >= 4 is 5.69 Å². The Labute approximate surface area is 93.9 Å². The maximum Gasteiger partial charge on any atom is 0.0372 e. The molecular weight excluding hydrogens is 182 g/mol. The van der Waals surface area contributed by atoms with Crippen molar-refractivity contribution in [3.05, 3.63) is 29.3 Å². The Morgan fingerprint density at radius 2 is 1.93 bits per heavy atom. The highest BCUT2D eigenvalue weighted by molar-refractivity contribution is 5.52. The number of hydrogen-bond acceptors (Lipinski definition) is 1. The molecular formula is C14H23N. The lowest BCUT2D eigenvalue weighted by molar-refractivity contribution is 0.622. The lowest BCUT2D eigenvalue weighted by Gasteiger charge is -2.19. The summed E-state index contributed by atoms with van der Waals surface area (Å²) in [7, 11) is 0. The second kappa shape index (κ2) is 5.79. The Bertz CT molecular complexity index is 304. The van der Waals surface area contributed by atoms with Gasteiger partial charge in [-0.2, -0.15) is 0 Å². The van der Waals surface area contributed by atoms with Crippen LogP contribution in [0.1, 0.15) is 44.2 Å². The van der Waals surface area contributed by atoms with Gasteiger partial charge in [0.25, 0.3) is 0 Å². The van der Waals surface area contributed by atoms with Crippen LogP contribution in [0.2, 0.25) is 0 Å². The van der Waals surface area contributed by atoms with E-state index in [1.165, 1.54) is 36.1 Å². The van der Waals surface area contributed by atoms with E-state index in [9.17, 15) is 0 Å². The van der Waals surface area contributed by atoms with Gasteiger partial charge in [0, 0.05) is 11.7 Å². The predicted molar refractivity (Wildman–Crippen MR) is 68.5 cm³/mol. The minimum atomic E-state index is 0.622. The van der Waals surface area contributed by atoms with Gasteiger partial charge in [0.1, 0.15) is 0 Å². The van der Waals surface area contributed by atoms with Gasteiger partial charge in [-0.1, -0.05) is 38.0 Å². The predicted octanol–water partition coefficient (Wildman–Crippen LogP) is 4.29. The third-order valence-corrected chi connectivity index (χ3v) is 2.87. The number of aryl methyl sites for hydroxylation is 2. The molecule has 84 valence electrons. The van der Waals surface area contributed by atoms with Crippen LogP contribution in [0.25, 0.3) is 0 Å². The van der Waals surface area contributed by atoms with Crippen molar-refractivity contribution in [3.8, 4) is 0 Å². The summed E-state index contributed by atoms with van der Waals surface area (Å²) in [6, 6.07) is 7.23. The number of rotatable bonds is 5. The molecule has 1 aromatic carbocycles. The van der Waals surface area contributed by atoms with E-state index in [2.05, 4.69) is 51.2 Å². The van der Waals surface area contributed by atoms with Crippen molar-refractivity contribution in [2.45, 2.75) is 53.0 Å². The van der Waals surface area contributed by atoms with E-state index in [4.69, 9.17) is 0 Å². The Morgan fingerprint density at radius 3 is 2.47 bits per heavy atom. The molecule has 0 spiro atoms. The summed E-state index contributed by atoms with van der Waals surface area (Å²) in [6.07, 6.45) is 3.70. The molecule has 1 N–H and O–H groups in total. The summed E-state index contributed by atoms with van der Waals surface area (Å²) in [5.41, 5.74) is 3.98. The van der Waals surface area contributed by atoms with Crippen molar-refractivity contribution in [1.29, 1.82) is 0 Å². The van der Waals surface area contributed by atoms with E-state index in [0.29, 0.717) is 6.04 Å². The molecule has 1 aromatic rings. The second-order valence-electron chi connectivity index (χ2n) is 4.36. The van der Waals surface area contributed by atoms with Crippen molar-refractivity contribution in [2.75, 3.05) is 5.32 Å². The van der Waals surface area contributed by atoms with E-state index in [-0.39, 0.29) is 0 Å². The van der Waals surface area contributed by atoms with E-state index in [0.717, 1.165) is 0 Å². The fourth-order valence-corrected chi connectivity index (χ4v) is 1.92. The highest BCUT2D eigenvalue weighted by Gasteiger charge is 2.06. The summed E-state index contributed by atoms with van der Waals surface area (Å²) < 4.78 is 0. The fourth-order valence-electron chi connectivity index (χ4n) is 1.92. The topological polar surface area (TPSA) is 12.0 Å². The molecule has 1 unspecified atom stereocenters. The normalized spacial score (nSPS) is 12.5. The third-order valence-electron chi connectivity index (χ3n) is 2.87. The monoisotopic (exact) mass is 205 g/mol. The quantitative estimate of drug-likeness (QED) is 0.756. The zero-order chi connectivity index (χ0) is 11.3. The van der Waals surface area contributed by atoms with E-state index in [1.807, 2.05) is 0 Å². The zero-order valence-corrected chi connectivity index (χ0v) is 10.4. The van der Waals surface area contributed by atoms with Crippen LogP contribution in [-0.2, 0) is 0 Å². The van der Waals surface area contributed by atoms with Gasteiger partial charge in [-0.15, -0.1) is 0 Å². The molecule has 0 amide bonds. The molecule has 0 aliphatic rings. The first-order valence-corrected chi connectivity index (χ1v) is 6.01. The highest BCUT2D eigenvalue weighted by atomic mass is 14.9.